The molecule has 1 heterocycles. The van der Waals surface area contributed by atoms with Gasteiger partial charge in [-0.05, 0) is 29.8 Å². The van der Waals surface area contributed by atoms with E-state index in [1.54, 1.807) is 24.3 Å². The highest BCUT2D eigenvalue weighted by atomic mass is 32.2. The minimum Gasteiger partial charge on any atom is -0.491 e. The third-order valence-corrected chi connectivity index (χ3v) is 6.78. The van der Waals surface area contributed by atoms with Gasteiger partial charge in [0.2, 0.25) is 15.9 Å². The normalized spacial score (nSPS) is 13.0. The lowest BCUT2D eigenvalue weighted by molar-refractivity contribution is -0.116. The van der Waals surface area contributed by atoms with Gasteiger partial charge >= 0.3 is 0 Å². The van der Waals surface area contributed by atoms with Crippen LogP contribution in [0.5, 0.6) is 17.2 Å². The molecule has 9 heteroatoms. The Hall–Kier alpha value is -3.56. The standard InChI is InChI=1S/C26H28N2O6S/c29-26(28-22-9-4-5-10-23(22)34-18-14-20-7-2-1-3-8-20)13-15-27-35(30,31)21-11-12-24-25(19-21)33-17-6-16-32-24/h1-5,7-12,19,27H,6,13-18H2,(H,28,29). The molecule has 3 aromatic carbocycles. The Kier molecular flexibility index (Phi) is 8.23. The monoisotopic (exact) mass is 496 g/mol. The van der Waals surface area contributed by atoms with E-state index in [0.29, 0.717) is 42.8 Å². The molecule has 184 valence electrons. The first kappa shape index (κ1) is 24.6. The Morgan fingerprint density at radius 2 is 1.66 bits per heavy atom. The van der Waals surface area contributed by atoms with Crippen molar-refractivity contribution >= 4 is 21.6 Å². The van der Waals surface area contributed by atoms with Gasteiger partial charge in [-0.25, -0.2) is 13.1 Å². The fraction of sp³-hybridized carbons (Fsp3) is 0.269. The lowest BCUT2D eigenvalue weighted by Gasteiger charge is -2.13. The van der Waals surface area contributed by atoms with Gasteiger partial charge < -0.3 is 19.5 Å². The predicted molar refractivity (Wildman–Crippen MR) is 133 cm³/mol. The topological polar surface area (TPSA) is 103 Å². The number of hydrogen-bond acceptors (Lipinski definition) is 6. The van der Waals surface area contributed by atoms with Crippen LogP contribution in [-0.4, -0.2) is 40.7 Å². The number of fused-ring (bicyclic) bond motifs is 1. The molecular weight excluding hydrogens is 468 g/mol. The third kappa shape index (κ3) is 6.97. The van der Waals surface area contributed by atoms with Gasteiger partial charge in [-0.3, -0.25) is 4.79 Å². The maximum atomic E-state index is 12.7. The number of sulfonamides is 1. The summed E-state index contributed by atoms with van der Waals surface area (Å²) < 4.78 is 44.8. The number of amides is 1. The number of carbonyl (C=O) groups is 1. The van der Waals surface area contributed by atoms with Gasteiger partial charge in [0.1, 0.15) is 5.75 Å². The van der Waals surface area contributed by atoms with E-state index in [9.17, 15) is 13.2 Å². The van der Waals surface area contributed by atoms with Crippen LogP contribution in [-0.2, 0) is 21.2 Å². The second-order valence-electron chi connectivity index (χ2n) is 7.94. The molecule has 0 saturated heterocycles. The fourth-order valence-corrected chi connectivity index (χ4v) is 4.57. The van der Waals surface area contributed by atoms with Crippen LogP contribution >= 0.6 is 0 Å². The van der Waals surface area contributed by atoms with Crippen molar-refractivity contribution in [2.45, 2.75) is 24.2 Å². The maximum Gasteiger partial charge on any atom is 0.240 e. The molecule has 0 radical (unpaired) electrons. The highest BCUT2D eigenvalue weighted by Crippen LogP contribution is 2.31. The average Bonchev–Trinajstić information content (AvgIpc) is 3.11. The van der Waals surface area contributed by atoms with E-state index in [1.807, 2.05) is 36.4 Å². The molecule has 0 aromatic heterocycles. The molecule has 0 fully saturated rings. The molecule has 2 N–H and O–H groups in total. The Bertz CT molecular complexity index is 1250. The van der Waals surface area contributed by atoms with E-state index in [1.165, 1.54) is 12.1 Å². The van der Waals surface area contributed by atoms with Crippen LogP contribution in [0.3, 0.4) is 0 Å². The van der Waals surface area contributed by atoms with Crippen molar-refractivity contribution in [2.75, 3.05) is 31.7 Å². The number of nitrogens with one attached hydrogen (secondary N) is 2. The van der Waals surface area contributed by atoms with E-state index >= 15 is 0 Å². The van der Waals surface area contributed by atoms with Crippen LogP contribution in [0.15, 0.2) is 77.7 Å². The van der Waals surface area contributed by atoms with Crippen molar-refractivity contribution in [2.24, 2.45) is 0 Å². The summed E-state index contributed by atoms with van der Waals surface area (Å²) in [7, 11) is -3.81. The molecule has 4 rings (SSSR count). The van der Waals surface area contributed by atoms with Gasteiger partial charge in [-0.15, -0.1) is 0 Å². The second-order valence-corrected chi connectivity index (χ2v) is 9.70. The number of anilines is 1. The zero-order valence-electron chi connectivity index (χ0n) is 19.2. The van der Waals surface area contributed by atoms with Crippen molar-refractivity contribution < 1.29 is 27.4 Å². The fourth-order valence-electron chi connectivity index (χ4n) is 3.53. The van der Waals surface area contributed by atoms with Gasteiger partial charge in [-0.1, -0.05) is 42.5 Å². The van der Waals surface area contributed by atoms with E-state index in [2.05, 4.69) is 10.0 Å². The van der Waals surface area contributed by atoms with Crippen LogP contribution in [0.2, 0.25) is 0 Å². The molecule has 1 aliphatic rings. The number of ether oxygens (including phenoxy) is 3. The number of para-hydroxylation sites is 2. The lowest BCUT2D eigenvalue weighted by atomic mass is 10.2. The van der Waals surface area contributed by atoms with Crippen molar-refractivity contribution in [3.05, 3.63) is 78.4 Å². The first-order valence-corrected chi connectivity index (χ1v) is 12.9. The van der Waals surface area contributed by atoms with Crippen molar-refractivity contribution in [1.82, 2.24) is 4.72 Å². The first-order chi connectivity index (χ1) is 17.0. The van der Waals surface area contributed by atoms with E-state index < -0.39 is 10.0 Å². The summed E-state index contributed by atoms with van der Waals surface area (Å²) in [5.41, 5.74) is 1.70. The van der Waals surface area contributed by atoms with Crippen LogP contribution in [0.1, 0.15) is 18.4 Å². The van der Waals surface area contributed by atoms with Crippen molar-refractivity contribution in [3.63, 3.8) is 0 Å². The van der Waals surface area contributed by atoms with Crippen LogP contribution in [0.4, 0.5) is 5.69 Å². The van der Waals surface area contributed by atoms with Gasteiger partial charge in [0.15, 0.2) is 11.5 Å². The third-order valence-electron chi connectivity index (χ3n) is 5.33. The average molecular weight is 497 g/mol. The highest BCUT2D eigenvalue weighted by Gasteiger charge is 2.19. The quantitative estimate of drug-likeness (QED) is 0.443. The summed E-state index contributed by atoms with van der Waals surface area (Å²) in [5.74, 6) is 1.15. The molecule has 0 saturated carbocycles. The number of hydrogen-bond donors (Lipinski definition) is 2. The summed E-state index contributed by atoms with van der Waals surface area (Å²) in [6, 6.07) is 21.6. The number of benzene rings is 3. The van der Waals surface area contributed by atoms with Crippen molar-refractivity contribution in [1.29, 1.82) is 0 Å². The zero-order valence-corrected chi connectivity index (χ0v) is 20.1. The molecule has 0 atom stereocenters. The van der Waals surface area contributed by atoms with E-state index in [-0.39, 0.29) is 23.8 Å². The van der Waals surface area contributed by atoms with Crippen LogP contribution in [0, 0.1) is 0 Å². The summed E-state index contributed by atoms with van der Waals surface area (Å²) in [6.45, 7) is 1.39. The Morgan fingerprint density at radius 3 is 2.49 bits per heavy atom. The Labute approximate surface area is 205 Å². The number of carbonyl (C=O) groups excluding carboxylic acids is 1. The van der Waals surface area contributed by atoms with Gasteiger partial charge in [0, 0.05) is 31.9 Å². The summed E-state index contributed by atoms with van der Waals surface area (Å²) in [6.07, 6.45) is 1.43. The lowest BCUT2D eigenvalue weighted by Crippen LogP contribution is -2.28. The molecule has 35 heavy (non-hydrogen) atoms. The zero-order chi connectivity index (χ0) is 24.5. The van der Waals surface area contributed by atoms with E-state index in [4.69, 9.17) is 14.2 Å². The molecule has 0 unspecified atom stereocenters. The number of rotatable bonds is 10. The Morgan fingerprint density at radius 1 is 0.914 bits per heavy atom. The molecule has 1 aliphatic heterocycles. The SMILES string of the molecule is O=C(CCNS(=O)(=O)c1ccc2c(c1)OCCCO2)Nc1ccccc1OCCc1ccccc1. The molecule has 0 spiro atoms. The Balaban J connectivity index is 1.28. The molecule has 3 aromatic rings. The second kappa shape index (κ2) is 11.7. The first-order valence-electron chi connectivity index (χ1n) is 11.5. The smallest absolute Gasteiger partial charge is 0.240 e. The predicted octanol–water partition coefficient (Wildman–Crippen LogP) is 3.78. The van der Waals surface area contributed by atoms with Gasteiger partial charge in [0.25, 0.3) is 0 Å². The molecule has 0 aliphatic carbocycles. The minimum absolute atomic E-state index is 0.0396. The summed E-state index contributed by atoms with van der Waals surface area (Å²) in [5, 5.41) is 2.80. The minimum atomic E-state index is -3.81. The van der Waals surface area contributed by atoms with Gasteiger partial charge in [0.05, 0.1) is 30.4 Å². The maximum absolute atomic E-state index is 12.7. The highest BCUT2D eigenvalue weighted by molar-refractivity contribution is 7.89. The van der Waals surface area contributed by atoms with Crippen molar-refractivity contribution in [3.8, 4) is 17.2 Å². The molecule has 1 amide bonds. The molecular formula is C26H28N2O6S. The summed E-state index contributed by atoms with van der Waals surface area (Å²) >= 11 is 0. The summed E-state index contributed by atoms with van der Waals surface area (Å²) in [4.78, 5) is 12.5. The molecule has 8 nitrogen and oxygen atoms in total. The van der Waals surface area contributed by atoms with Crippen LogP contribution < -0.4 is 24.2 Å². The largest absolute Gasteiger partial charge is 0.491 e. The van der Waals surface area contributed by atoms with E-state index in [0.717, 1.165) is 18.4 Å². The van der Waals surface area contributed by atoms with Gasteiger partial charge in [-0.2, -0.15) is 0 Å². The van der Waals surface area contributed by atoms with Crippen LogP contribution in [0.25, 0.3) is 0 Å². The molecule has 0 bridgehead atoms.